The number of carbonyl (C=O) groups excluding carboxylic acids is 1. The molecule has 150 valence electrons. The number of nitrogens with zero attached hydrogens (tertiary/aromatic N) is 2. The normalized spacial score (nSPS) is 10.6. The predicted octanol–water partition coefficient (Wildman–Crippen LogP) is 3.00. The maximum absolute atomic E-state index is 12.3. The zero-order chi connectivity index (χ0) is 20.6. The van der Waals surface area contributed by atoms with Gasteiger partial charge in [0.25, 0.3) is 5.56 Å². The Hall–Kier alpha value is -3.06. The molecule has 1 aromatic heterocycles. The highest BCUT2D eigenvalue weighted by atomic mass is 32.2. The lowest BCUT2D eigenvalue weighted by Gasteiger charge is -2.09. The quantitative estimate of drug-likeness (QED) is 0.579. The molecule has 0 spiro atoms. The molecule has 0 saturated carbocycles. The Bertz CT molecular complexity index is 1010. The van der Waals surface area contributed by atoms with E-state index in [1.165, 1.54) is 10.7 Å². The van der Waals surface area contributed by atoms with Crippen molar-refractivity contribution < 1.29 is 9.53 Å². The fourth-order valence-corrected chi connectivity index (χ4v) is 3.22. The van der Waals surface area contributed by atoms with Crippen molar-refractivity contribution in [2.75, 3.05) is 19.9 Å². The van der Waals surface area contributed by atoms with Crippen LogP contribution >= 0.6 is 11.8 Å². The topological polar surface area (TPSA) is 73.2 Å². The summed E-state index contributed by atoms with van der Waals surface area (Å²) in [7, 11) is 1.62. The highest BCUT2D eigenvalue weighted by molar-refractivity contribution is 7.98. The summed E-state index contributed by atoms with van der Waals surface area (Å²) in [5.41, 5.74) is 2.34. The predicted molar refractivity (Wildman–Crippen MR) is 115 cm³/mol. The lowest BCUT2D eigenvalue weighted by molar-refractivity contribution is -0.121. The number of ether oxygens (including phenoxy) is 1. The van der Waals surface area contributed by atoms with Crippen LogP contribution in [0, 0.1) is 0 Å². The van der Waals surface area contributed by atoms with Gasteiger partial charge in [0, 0.05) is 23.1 Å². The standard InChI is InChI=1S/C22H23N3O3S/c1-28-18-7-3-16(4-8-18)13-14-23-21(26)15-25-22(27)12-11-20(24-25)17-5-9-19(29-2)10-6-17/h3-12H,13-15H2,1-2H3,(H,23,26). The summed E-state index contributed by atoms with van der Waals surface area (Å²) in [6.07, 6.45) is 2.71. The van der Waals surface area contributed by atoms with E-state index in [9.17, 15) is 9.59 Å². The molecule has 0 fully saturated rings. The number of methoxy groups -OCH3 is 1. The Morgan fingerprint density at radius 3 is 2.45 bits per heavy atom. The number of nitrogens with one attached hydrogen (secondary N) is 1. The van der Waals surface area contributed by atoms with Crippen LogP contribution in [-0.4, -0.2) is 35.6 Å². The number of hydrogen-bond donors (Lipinski definition) is 1. The first-order chi connectivity index (χ1) is 14.1. The smallest absolute Gasteiger partial charge is 0.267 e. The summed E-state index contributed by atoms with van der Waals surface area (Å²) >= 11 is 1.66. The van der Waals surface area contributed by atoms with Crippen LogP contribution in [0.1, 0.15) is 5.56 Å². The molecule has 1 heterocycles. The van der Waals surface area contributed by atoms with E-state index in [0.29, 0.717) is 18.7 Å². The van der Waals surface area contributed by atoms with Crippen molar-refractivity contribution in [2.45, 2.75) is 17.9 Å². The Labute approximate surface area is 173 Å². The molecule has 2 aromatic carbocycles. The summed E-state index contributed by atoms with van der Waals surface area (Å²) in [6.45, 7) is 0.369. The summed E-state index contributed by atoms with van der Waals surface area (Å²) in [4.78, 5) is 25.5. The van der Waals surface area contributed by atoms with Crippen molar-refractivity contribution in [1.82, 2.24) is 15.1 Å². The van der Waals surface area contributed by atoms with Crippen molar-refractivity contribution in [3.63, 3.8) is 0 Å². The molecule has 0 aliphatic carbocycles. The van der Waals surface area contributed by atoms with Gasteiger partial charge in [-0.3, -0.25) is 9.59 Å². The molecule has 0 radical (unpaired) electrons. The molecule has 7 heteroatoms. The van der Waals surface area contributed by atoms with Gasteiger partial charge in [0.05, 0.1) is 12.8 Å². The van der Waals surface area contributed by atoms with Crippen LogP contribution in [0.3, 0.4) is 0 Å². The van der Waals surface area contributed by atoms with E-state index in [-0.39, 0.29) is 18.0 Å². The van der Waals surface area contributed by atoms with E-state index in [4.69, 9.17) is 4.74 Å². The van der Waals surface area contributed by atoms with Gasteiger partial charge in [-0.1, -0.05) is 24.3 Å². The van der Waals surface area contributed by atoms with Gasteiger partial charge < -0.3 is 10.1 Å². The number of hydrogen-bond acceptors (Lipinski definition) is 5. The fraction of sp³-hybridized carbons (Fsp3) is 0.227. The summed E-state index contributed by atoms with van der Waals surface area (Å²) < 4.78 is 6.33. The van der Waals surface area contributed by atoms with Crippen LogP contribution in [0.4, 0.5) is 0 Å². The van der Waals surface area contributed by atoms with Gasteiger partial charge in [-0.25, -0.2) is 4.68 Å². The molecule has 29 heavy (non-hydrogen) atoms. The lowest BCUT2D eigenvalue weighted by Crippen LogP contribution is -2.34. The number of aromatic nitrogens is 2. The highest BCUT2D eigenvalue weighted by Gasteiger charge is 2.08. The van der Waals surface area contributed by atoms with Gasteiger partial charge in [0.15, 0.2) is 0 Å². The van der Waals surface area contributed by atoms with Crippen molar-refractivity contribution in [3.8, 4) is 17.0 Å². The van der Waals surface area contributed by atoms with Gasteiger partial charge in [0.1, 0.15) is 12.3 Å². The van der Waals surface area contributed by atoms with E-state index in [1.54, 1.807) is 24.9 Å². The highest BCUT2D eigenvalue weighted by Crippen LogP contribution is 2.20. The van der Waals surface area contributed by atoms with Crippen LogP contribution in [0.15, 0.2) is 70.4 Å². The van der Waals surface area contributed by atoms with Gasteiger partial charge >= 0.3 is 0 Å². The minimum absolute atomic E-state index is 0.113. The van der Waals surface area contributed by atoms with Crippen molar-refractivity contribution in [2.24, 2.45) is 0 Å². The van der Waals surface area contributed by atoms with E-state index in [1.807, 2.05) is 54.8 Å². The first-order valence-corrected chi connectivity index (χ1v) is 10.4. The number of rotatable bonds is 8. The minimum atomic E-state index is -0.306. The largest absolute Gasteiger partial charge is 0.497 e. The third-order valence-corrected chi connectivity index (χ3v) is 5.18. The molecule has 0 atom stereocenters. The molecule has 0 bridgehead atoms. The molecule has 1 N–H and O–H groups in total. The Kier molecular flexibility index (Phi) is 7.08. The zero-order valence-corrected chi connectivity index (χ0v) is 17.2. The maximum Gasteiger partial charge on any atom is 0.267 e. The monoisotopic (exact) mass is 409 g/mol. The zero-order valence-electron chi connectivity index (χ0n) is 16.4. The molecular formula is C22H23N3O3S. The summed E-state index contributed by atoms with van der Waals surface area (Å²) in [6, 6.07) is 18.7. The van der Waals surface area contributed by atoms with E-state index >= 15 is 0 Å². The van der Waals surface area contributed by atoms with Crippen LogP contribution < -0.4 is 15.6 Å². The Morgan fingerprint density at radius 2 is 1.79 bits per heavy atom. The van der Waals surface area contributed by atoms with Crippen molar-refractivity contribution in [3.05, 3.63) is 76.6 Å². The van der Waals surface area contributed by atoms with E-state index in [2.05, 4.69) is 10.4 Å². The lowest BCUT2D eigenvalue weighted by atomic mass is 10.1. The second kappa shape index (κ2) is 9.93. The minimum Gasteiger partial charge on any atom is -0.497 e. The summed E-state index contributed by atoms with van der Waals surface area (Å²) in [5, 5.41) is 7.18. The second-order valence-electron chi connectivity index (χ2n) is 6.39. The second-order valence-corrected chi connectivity index (χ2v) is 7.27. The average Bonchev–Trinajstić information content (AvgIpc) is 2.76. The number of amides is 1. The van der Waals surface area contributed by atoms with Gasteiger partial charge in [0.2, 0.25) is 5.91 Å². The van der Waals surface area contributed by atoms with Gasteiger partial charge in [-0.15, -0.1) is 11.8 Å². The Balaban J connectivity index is 1.59. The Morgan fingerprint density at radius 1 is 1.07 bits per heavy atom. The van der Waals surface area contributed by atoms with Crippen LogP contribution in [-0.2, 0) is 17.8 Å². The number of benzene rings is 2. The third-order valence-electron chi connectivity index (χ3n) is 4.44. The van der Waals surface area contributed by atoms with Gasteiger partial charge in [-0.05, 0) is 48.6 Å². The molecule has 0 aliphatic heterocycles. The van der Waals surface area contributed by atoms with Crippen LogP contribution in [0.25, 0.3) is 11.3 Å². The molecule has 1 amide bonds. The molecule has 0 saturated heterocycles. The molecule has 0 aliphatic rings. The maximum atomic E-state index is 12.3. The fourth-order valence-electron chi connectivity index (χ4n) is 2.81. The molecule has 3 aromatic rings. The van der Waals surface area contributed by atoms with E-state index < -0.39 is 0 Å². The first-order valence-electron chi connectivity index (χ1n) is 9.21. The van der Waals surface area contributed by atoms with E-state index in [0.717, 1.165) is 21.8 Å². The molecule has 6 nitrogen and oxygen atoms in total. The first kappa shape index (κ1) is 20.7. The van der Waals surface area contributed by atoms with Gasteiger partial charge in [-0.2, -0.15) is 5.10 Å². The van der Waals surface area contributed by atoms with Crippen molar-refractivity contribution in [1.29, 1.82) is 0 Å². The number of thioether (sulfide) groups is 1. The summed E-state index contributed by atoms with van der Waals surface area (Å²) in [5.74, 6) is 0.550. The molecule has 3 rings (SSSR count). The van der Waals surface area contributed by atoms with Crippen LogP contribution in [0.5, 0.6) is 5.75 Å². The SMILES string of the molecule is COc1ccc(CCNC(=O)Cn2nc(-c3ccc(SC)cc3)ccc2=O)cc1. The molecular weight excluding hydrogens is 386 g/mol. The molecule has 0 unspecified atom stereocenters. The van der Waals surface area contributed by atoms with Crippen molar-refractivity contribution >= 4 is 17.7 Å². The number of carbonyl (C=O) groups is 1. The third kappa shape index (κ3) is 5.71. The van der Waals surface area contributed by atoms with Crippen LogP contribution in [0.2, 0.25) is 0 Å². The average molecular weight is 410 g/mol.